The lowest BCUT2D eigenvalue weighted by Crippen LogP contribution is -2.49. The zero-order valence-corrected chi connectivity index (χ0v) is 16.7. The molecule has 0 fully saturated rings. The maximum Gasteiger partial charge on any atom is 0.406 e. The Morgan fingerprint density at radius 2 is 2.00 bits per heavy atom. The van der Waals surface area contributed by atoms with Crippen LogP contribution in [0.5, 0.6) is 0 Å². The Morgan fingerprint density at radius 1 is 1.24 bits per heavy atom. The molecule has 0 aliphatic carbocycles. The number of benzene rings is 2. The third-order valence-corrected chi connectivity index (χ3v) is 5.29. The fraction of sp³-hybridized carbons (Fsp3) is 0.182. The van der Waals surface area contributed by atoms with E-state index in [9.17, 15) is 27.2 Å². The second kappa shape index (κ2) is 8.38. The third-order valence-electron chi connectivity index (χ3n) is 5.29. The Balaban J connectivity index is 1.82. The number of carbonyl (C=O) groups excluding carboxylic acids is 2. The summed E-state index contributed by atoms with van der Waals surface area (Å²) in [7, 11) is 0. The van der Waals surface area contributed by atoms with E-state index in [0.717, 1.165) is 12.1 Å². The molecule has 1 aliphatic heterocycles. The van der Waals surface area contributed by atoms with E-state index < -0.39 is 42.3 Å². The SMILES string of the molecule is N#Cc1cc(NC(=O)C2c3ccccc3C(=O)N(CC(F)(F)F)C2c2cn[nH]c2)ccc1F. The Kier molecular flexibility index (Phi) is 5.59. The van der Waals surface area contributed by atoms with E-state index in [-0.39, 0.29) is 27.9 Å². The van der Waals surface area contributed by atoms with E-state index in [1.165, 1.54) is 36.7 Å². The van der Waals surface area contributed by atoms with Gasteiger partial charge in [-0.3, -0.25) is 14.7 Å². The van der Waals surface area contributed by atoms with Gasteiger partial charge in [0.05, 0.1) is 23.7 Å². The monoisotopic (exact) mass is 457 g/mol. The van der Waals surface area contributed by atoms with Gasteiger partial charge < -0.3 is 10.2 Å². The van der Waals surface area contributed by atoms with E-state index in [4.69, 9.17) is 5.26 Å². The zero-order chi connectivity index (χ0) is 23.8. The first-order valence-electron chi connectivity index (χ1n) is 9.65. The molecule has 2 N–H and O–H groups in total. The predicted octanol–water partition coefficient (Wildman–Crippen LogP) is 3.90. The molecule has 2 amide bonds. The van der Waals surface area contributed by atoms with Crippen molar-refractivity contribution in [1.82, 2.24) is 15.1 Å². The number of nitrogens with one attached hydrogen (secondary N) is 2. The molecule has 0 saturated heterocycles. The number of amides is 2. The van der Waals surface area contributed by atoms with Gasteiger partial charge in [0.1, 0.15) is 18.4 Å². The predicted molar refractivity (Wildman–Crippen MR) is 107 cm³/mol. The summed E-state index contributed by atoms with van der Waals surface area (Å²) < 4.78 is 53.9. The van der Waals surface area contributed by atoms with Gasteiger partial charge in [-0.2, -0.15) is 23.5 Å². The lowest BCUT2D eigenvalue weighted by atomic mass is 9.79. The van der Waals surface area contributed by atoms with Crippen LogP contribution in [-0.4, -0.2) is 39.6 Å². The van der Waals surface area contributed by atoms with Crippen molar-refractivity contribution in [2.24, 2.45) is 0 Å². The van der Waals surface area contributed by atoms with Gasteiger partial charge in [0.25, 0.3) is 5.91 Å². The van der Waals surface area contributed by atoms with E-state index in [2.05, 4.69) is 15.5 Å². The van der Waals surface area contributed by atoms with E-state index in [0.29, 0.717) is 4.90 Å². The number of carbonyl (C=O) groups is 2. The minimum atomic E-state index is -4.72. The summed E-state index contributed by atoms with van der Waals surface area (Å²) in [6.45, 7) is -1.57. The summed E-state index contributed by atoms with van der Waals surface area (Å²) in [6, 6.07) is 9.61. The van der Waals surface area contributed by atoms with Crippen LogP contribution in [0.25, 0.3) is 0 Å². The third kappa shape index (κ3) is 4.27. The highest BCUT2D eigenvalue weighted by Gasteiger charge is 2.48. The number of alkyl halides is 3. The summed E-state index contributed by atoms with van der Waals surface area (Å²) in [5.74, 6) is -3.62. The lowest BCUT2D eigenvalue weighted by molar-refractivity contribution is -0.148. The van der Waals surface area contributed by atoms with Crippen LogP contribution in [-0.2, 0) is 4.79 Å². The molecular formula is C22H15F4N5O2. The molecule has 2 unspecified atom stereocenters. The average Bonchev–Trinajstić information content (AvgIpc) is 3.30. The smallest absolute Gasteiger partial charge is 0.325 e. The second-order valence-electron chi connectivity index (χ2n) is 7.39. The lowest BCUT2D eigenvalue weighted by Gasteiger charge is -2.41. The molecule has 33 heavy (non-hydrogen) atoms. The van der Waals surface area contributed by atoms with Gasteiger partial charge in [-0.05, 0) is 29.8 Å². The average molecular weight is 457 g/mol. The van der Waals surface area contributed by atoms with E-state index in [1.54, 1.807) is 12.1 Å². The summed E-state index contributed by atoms with van der Waals surface area (Å²) in [4.78, 5) is 27.0. The maximum absolute atomic E-state index is 13.7. The first-order chi connectivity index (χ1) is 15.7. The molecule has 2 atom stereocenters. The molecule has 0 saturated carbocycles. The Morgan fingerprint density at radius 3 is 2.67 bits per heavy atom. The summed E-state index contributed by atoms with van der Waals surface area (Å²) >= 11 is 0. The Labute approximate surface area is 184 Å². The molecule has 1 aliphatic rings. The highest BCUT2D eigenvalue weighted by molar-refractivity contribution is 6.04. The highest BCUT2D eigenvalue weighted by Crippen LogP contribution is 2.44. The van der Waals surface area contributed by atoms with Crippen molar-refractivity contribution in [3.05, 3.63) is 82.9 Å². The largest absolute Gasteiger partial charge is 0.406 e. The number of fused-ring (bicyclic) bond motifs is 1. The van der Waals surface area contributed by atoms with Crippen molar-refractivity contribution < 1.29 is 27.2 Å². The molecule has 11 heteroatoms. The van der Waals surface area contributed by atoms with Crippen molar-refractivity contribution in [3.8, 4) is 6.07 Å². The molecule has 7 nitrogen and oxygen atoms in total. The number of aromatic amines is 1. The molecule has 3 aromatic rings. The minimum Gasteiger partial charge on any atom is -0.325 e. The van der Waals surface area contributed by atoms with E-state index >= 15 is 0 Å². The van der Waals surface area contributed by atoms with Gasteiger partial charge >= 0.3 is 6.18 Å². The van der Waals surface area contributed by atoms with Gasteiger partial charge in [-0.25, -0.2) is 4.39 Å². The number of H-pyrrole nitrogens is 1. The van der Waals surface area contributed by atoms with Crippen LogP contribution < -0.4 is 5.32 Å². The topological polar surface area (TPSA) is 102 Å². The van der Waals surface area contributed by atoms with Crippen LogP contribution in [0.15, 0.2) is 54.9 Å². The first-order valence-corrected chi connectivity index (χ1v) is 9.65. The quantitative estimate of drug-likeness (QED) is 0.580. The van der Waals surface area contributed by atoms with Crippen LogP contribution in [0.2, 0.25) is 0 Å². The van der Waals surface area contributed by atoms with Crippen LogP contribution in [0.1, 0.15) is 39.0 Å². The van der Waals surface area contributed by atoms with Crippen molar-refractivity contribution >= 4 is 17.5 Å². The number of nitrogens with zero attached hydrogens (tertiary/aromatic N) is 3. The van der Waals surface area contributed by atoms with Crippen molar-refractivity contribution in [2.45, 2.75) is 18.1 Å². The molecule has 0 spiro atoms. The highest BCUT2D eigenvalue weighted by atomic mass is 19.4. The van der Waals surface area contributed by atoms with Crippen molar-refractivity contribution in [1.29, 1.82) is 5.26 Å². The number of anilines is 1. The van der Waals surface area contributed by atoms with Crippen molar-refractivity contribution in [3.63, 3.8) is 0 Å². The summed E-state index contributed by atoms with van der Waals surface area (Å²) in [5, 5.41) is 17.8. The molecular weight excluding hydrogens is 442 g/mol. The molecule has 0 radical (unpaired) electrons. The normalized spacial score (nSPS) is 17.9. The standard InChI is InChI=1S/C22H15F4N5O2/c23-17-6-5-14(7-12(17)8-27)30-20(32)18-15-3-1-2-4-16(15)21(33)31(11-22(24,25)26)19(18)13-9-28-29-10-13/h1-7,9-10,18-19H,11H2,(H,28,29)(H,30,32). The Hall–Kier alpha value is -4.20. The summed E-state index contributed by atoms with van der Waals surface area (Å²) in [5.41, 5.74) is 0.197. The number of nitriles is 1. The first kappa shape index (κ1) is 22.0. The number of aromatic nitrogens is 2. The number of hydrogen-bond acceptors (Lipinski definition) is 4. The van der Waals surface area contributed by atoms with Gasteiger partial charge in [0.15, 0.2) is 0 Å². The Bertz CT molecular complexity index is 1250. The van der Waals surface area contributed by atoms with E-state index in [1.807, 2.05) is 0 Å². The zero-order valence-electron chi connectivity index (χ0n) is 16.7. The van der Waals surface area contributed by atoms with Crippen LogP contribution in [0, 0.1) is 17.1 Å². The molecule has 1 aromatic heterocycles. The van der Waals surface area contributed by atoms with Gasteiger partial charge in [-0.1, -0.05) is 18.2 Å². The molecule has 168 valence electrons. The molecule has 4 rings (SSSR count). The van der Waals surface area contributed by atoms with Crippen LogP contribution in [0.4, 0.5) is 23.2 Å². The molecule has 2 aromatic carbocycles. The molecule has 2 heterocycles. The second-order valence-corrected chi connectivity index (χ2v) is 7.39. The fourth-order valence-corrected chi connectivity index (χ4v) is 3.95. The fourth-order valence-electron chi connectivity index (χ4n) is 3.95. The van der Waals surface area contributed by atoms with Crippen LogP contribution >= 0.6 is 0 Å². The maximum atomic E-state index is 13.7. The van der Waals surface area contributed by atoms with Gasteiger partial charge in [-0.15, -0.1) is 0 Å². The van der Waals surface area contributed by atoms with Crippen LogP contribution in [0.3, 0.4) is 0 Å². The van der Waals surface area contributed by atoms with Gasteiger partial charge in [0.2, 0.25) is 5.91 Å². The number of halogens is 4. The number of rotatable bonds is 4. The summed E-state index contributed by atoms with van der Waals surface area (Å²) in [6.07, 6.45) is -2.15. The number of hydrogen-bond donors (Lipinski definition) is 2. The van der Waals surface area contributed by atoms with Crippen molar-refractivity contribution in [2.75, 3.05) is 11.9 Å². The molecule has 0 bridgehead atoms. The minimum absolute atomic E-state index is 0.0292. The van der Waals surface area contributed by atoms with Gasteiger partial charge in [0, 0.05) is 23.0 Å².